The minimum Gasteiger partial charge on any atom is -0.372 e. The molecule has 2 aromatic rings. The molecule has 1 saturated heterocycles. The maximum absolute atomic E-state index is 6.13. The van der Waals surface area contributed by atoms with E-state index in [4.69, 9.17) is 4.74 Å². The lowest BCUT2D eigenvalue weighted by atomic mass is 9.99. The molecule has 3 heterocycles. The van der Waals surface area contributed by atoms with Gasteiger partial charge in [-0.25, -0.2) is 9.97 Å². The van der Waals surface area contributed by atoms with Gasteiger partial charge in [0.1, 0.15) is 0 Å². The van der Waals surface area contributed by atoms with Gasteiger partial charge < -0.3 is 4.74 Å². The Kier molecular flexibility index (Phi) is 3.42. The number of morpholine rings is 1. The van der Waals surface area contributed by atoms with E-state index in [2.05, 4.69) is 32.3 Å². The molecule has 0 bridgehead atoms. The van der Waals surface area contributed by atoms with Crippen molar-refractivity contribution in [1.82, 2.24) is 19.3 Å². The molecule has 1 saturated carbocycles. The van der Waals surface area contributed by atoms with Crippen molar-refractivity contribution in [2.75, 3.05) is 19.7 Å². The van der Waals surface area contributed by atoms with Crippen molar-refractivity contribution >= 4 is 5.78 Å². The molecule has 2 fully saturated rings. The molecule has 4 rings (SSSR count). The van der Waals surface area contributed by atoms with Crippen LogP contribution in [0.4, 0.5) is 0 Å². The highest BCUT2D eigenvalue weighted by atomic mass is 16.5. The molecule has 1 aliphatic heterocycles. The third-order valence-corrected chi connectivity index (χ3v) is 5.09. The van der Waals surface area contributed by atoms with Gasteiger partial charge in [-0.05, 0) is 32.8 Å². The van der Waals surface area contributed by atoms with Crippen molar-refractivity contribution in [2.45, 2.75) is 51.7 Å². The molecule has 0 atom stereocenters. The number of nitrogens with zero attached hydrogens (tertiary/aromatic N) is 4. The van der Waals surface area contributed by atoms with Crippen molar-refractivity contribution in [3.8, 4) is 0 Å². The number of aryl methyl sites for hydroxylation is 2. The first kappa shape index (κ1) is 14.2. The normalized spacial score (nSPS) is 21.9. The fraction of sp³-hybridized carbons (Fsp3) is 0.647. The number of hydrogen-bond acceptors (Lipinski definition) is 4. The lowest BCUT2D eigenvalue weighted by Gasteiger charge is -2.40. The Hall–Kier alpha value is -1.46. The number of rotatable bonds is 2. The van der Waals surface area contributed by atoms with Gasteiger partial charge in [0.05, 0.1) is 24.1 Å². The summed E-state index contributed by atoms with van der Waals surface area (Å²) >= 11 is 0. The van der Waals surface area contributed by atoms with Crippen molar-refractivity contribution < 1.29 is 4.74 Å². The fourth-order valence-electron chi connectivity index (χ4n) is 4.12. The Bertz CT molecular complexity index is 687. The fourth-order valence-corrected chi connectivity index (χ4v) is 4.12. The first-order valence-electron chi connectivity index (χ1n) is 8.32. The summed E-state index contributed by atoms with van der Waals surface area (Å²) < 4.78 is 8.31. The van der Waals surface area contributed by atoms with E-state index in [0.717, 1.165) is 37.7 Å². The van der Waals surface area contributed by atoms with Crippen LogP contribution in [-0.2, 0) is 11.3 Å². The maximum Gasteiger partial charge on any atom is 0.234 e. The Labute approximate surface area is 131 Å². The van der Waals surface area contributed by atoms with E-state index in [1.54, 1.807) is 0 Å². The van der Waals surface area contributed by atoms with E-state index >= 15 is 0 Å². The Morgan fingerprint density at radius 1 is 1.27 bits per heavy atom. The summed E-state index contributed by atoms with van der Waals surface area (Å²) in [7, 11) is 0. The van der Waals surface area contributed by atoms with Crippen LogP contribution in [0, 0.1) is 13.8 Å². The van der Waals surface area contributed by atoms with E-state index in [1.807, 2.05) is 13.1 Å². The Morgan fingerprint density at radius 3 is 2.91 bits per heavy atom. The summed E-state index contributed by atoms with van der Waals surface area (Å²) in [6, 6.07) is 2.12. The molecule has 5 heteroatoms. The average Bonchev–Trinajstić information content (AvgIpc) is 3.07. The van der Waals surface area contributed by atoms with Crippen LogP contribution < -0.4 is 0 Å². The van der Waals surface area contributed by atoms with E-state index in [1.165, 1.54) is 37.1 Å². The lowest BCUT2D eigenvalue weighted by Crippen LogP contribution is -2.49. The van der Waals surface area contributed by atoms with Crippen molar-refractivity contribution in [3.05, 3.63) is 29.3 Å². The molecule has 2 aliphatic rings. The first-order valence-corrected chi connectivity index (χ1v) is 8.32. The average molecular weight is 300 g/mol. The molecule has 22 heavy (non-hydrogen) atoms. The summed E-state index contributed by atoms with van der Waals surface area (Å²) in [5.41, 5.74) is 3.59. The van der Waals surface area contributed by atoms with Gasteiger partial charge in [0, 0.05) is 31.0 Å². The summed E-state index contributed by atoms with van der Waals surface area (Å²) in [5.74, 6) is 0.816. The highest BCUT2D eigenvalue weighted by Crippen LogP contribution is 2.36. The van der Waals surface area contributed by atoms with Crippen LogP contribution in [0.5, 0.6) is 0 Å². The van der Waals surface area contributed by atoms with Crippen molar-refractivity contribution in [1.29, 1.82) is 0 Å². The van der Waals surface area contributed by atoms with E-state index in [9.17, 15) is 0 Å². The Morgan fingerprint density at radius 2 is 2.09 bits per heavy atom. The number of imidazole rings is 1. The number of hydrogen-bond donors (Lipinski definition) is 0. The van der Waals surface area contributed by atoms with Gasteiger partial charge >= 0.3 is 0 Å². The highest BCUT2D eigenvalue weighted by Gasteiger charge is 2.39. The molecule has 1 spiro atoms. The van der Waals surface area contributed by atoms with Gasteiger partial charge in [-0.15, -0.1) is 0 Å². The number of ether oxygens (including phenoxy) is 1. The highest BCUT2D eigenvalue weighted by molar-refractivity contribution is 5.35. The van der Waals surface area contributed by atoms with Gasteiger partial charge in [-0.2, -0.15) is 0 Å². The Balaban J connectivity index is 1.58. The lowest BCUT2D eigenvalue weighted by molar-refractivity contribution is -0.107. The van der Waals surface area contributed by atoms with Gasteiger partial charge in [-0.1, -0.05) is 12.8 Å². The third-order valence-electron chi connectivity index (χ3n) is 5.09. The second-order valence-corrected chi connectivity index (χ2v) is 6.87. The molecular weight excluding hydrogens is 276 g/mol. The predicted octanol–water partition coefficient (Wildman–Crippen LogP) is 2.49. The SMILES string of the molecule is Cc1cc(C)n2c(CN3CCOC4(CCCC4)C3)cnc2n1. The minimum atomic E-state index is 0.128. The van der Waals surface area contributed by atoms with Crippen LogP contribution in [-0.4, -0.2) is 44.6 Å². The van der Waals surface area contributed by atoms with Crippen LogP contribution in [0.15, 0.2) is 12.3 Å². The standard InChI is InChI=1S/C17H24N4O/c1-13-9-14(2)21-15(10-18-16(21)19-13)11-20-7-8-22-17(12-20)5-3-4-6-17/h9-10H,3-8,11-12H2,1-2H3. The number of aromatic nitrogens is 3. The molecule has 0 N–H and O–H groups in total. The number of fused-ring (bicyclic) bond motifs is 1. The largest absolute Gasteiger partial charge is 0.372 e. The molecule has 5 nitrogen and oxygen atoms in total. The van der Waals surface area contributed by atoms with Gasteiger partial charge in [0.2, 0.25) is 5.78 Å². The molecular formula is C17H24N4O. The monoisotopic (exact) mass is 300 g/mol. The van der Waals surface area contributed by atoms with Crippen LogP contribution in [0.3, 0.4) is 0 Å². The summed E-state index contributed by atoms with van der Waals surface area (Å²) in [5, 5.41) is 0. The molecule has 118 valence electrons. The van der Waals surface area contributed by atoms with Crippen molar-refractivity contribution in [3.63, 3.8) is 0 Å². The van der Waals surface area contributed by atoms with E-state index < -0.39 is 0 Å². The molecule has 0 amide bonds. The van der Waals surface area contributed by atoms with Gasteiger partial charge in [0.15, 0.2) is 0 Å². The topological polar surface area (TPSA) is 42.7 Å². The first-order chi connectivity index (χ1) is 10.7. The zero-order chi connectivity index (χ0) is 15.2. The van der Waals surface area contributed by atoms with Gasteiger partial charge in [-0.3, -0.25) is 9.30 Å². The molecule has 0 radical (unpaired) electrons. The summed E-state index contributed by atoms with van der Waals surface area (Å²) in [6.45, 7) is 7.99. The molecule has 0 aromatic carbocycles. The second kappa shape index (κ2) is 5.32. The molecule has 2 aromatic heterocycles. The zero-order valence-corrected chi connectivity index (χ0v) is 13.5. The van der Waals surface area contributed by atoms with Crippen LogP contribution in [0.25, 0.3) is 5.78 Å². The minimum absolute atomic E-state index is 0.128. The van der Waals surface area contributed by atoms with E-state index in [0.29, 0.717) is 0 Å². The van der Waals surface area contributed by atoms with Crippen LogP contribution in [0.1, 0.15) is 42.8 Å². The summed E-state index contributed by atoms with van der Waals surface area (Å²) in [6.07, 6.45) is 7.04. The van der Waals surface area contributed by atoms with Gasteiger partial charge in [0.25, 0.3) is 0 Å². The summed E-state index contributed by atoms with van der Waals surface area (Å²) in [4.78, 5) is 11.5. The predicted molar refractivity (Wildman–Crippen MR) is 84.9 cm³/mol. The smallest absolute Gasteiger partial charge is 0.234 e. The molecule has 0 unspecified atom stereocenters. The van der Waals surface area contributed by atoms with Crippen LogP contribution in [0.2, 0.25) is 0 Å². The third kappa shape index (κ3) is 2.42. The maximum atomic E-state index is 6.13. The molecule has 1 aliphatic carbocycles. The van der Waals surface area contributed by atoms with E-state index in [-0.39, 0.29) is 5.60 Å². The van der Waals surface area contributed by atoms with Crippen molar-refractivity contribution in [2.24, 2.45) is 0 Å². The quantitative estimate of drug-likeness (QED) is 0.854. The van der Waals surface area contributed by atoms with Crippen LogP contribution >= 0.6 is 0 Å². The zero-order valence-electron chi connectivity index (χ0n) is 13.5. The second-order valence-electron chi connectivity index (χ2n) is 6.87.